The number of hydrogen-bond donors (Lipinski definition) is 3. The third-order valence-electron chi connectivity index (χ3n) is 2.58. The molecule has 0 aliphatic heterocycles. The summed E-state index contributed by atoms with van der Waals surface area (Å²) >= 11 is 1.22. The summed E-state index contributed by atoms with van der Waals surface area (Å²) in [6.45, 7) is 3.95. The van der Waals surface area contributed by atoms with E-state index in [0.717, 1.165) is 6.42 Å². The summed E-state index contributed by atoms with van der Waals surface area (Å²) < 4.78 is 4.93. The number of nitrogens with one attached hydrogen (secondary N) is 1. The van der Waals surface area contributed by atoms with Gasteiger partial charge in [-0.3, -0.25) is 4.79 Å². The van der Waals surface area contributed by atoms with Gasteiger partial charge < -0.3 is 25.8 Å². The van der Waals surface area contributed by atoms with Gasteiger partial charge in [0.15, 0.2) is 5.13 Å². The summed E-state index contributed by atoms with van der Waals surface area (Å²) in [7, 11) is 1.62. The first-order valence-corrected chi connectivity index (χ1v) is 7.34. The molecule has 0 aliphatic rings. The fourth-order valence-electron chi connectivity index (χ4n) is 1.67. The van der Waals surface area contributed by atoms with Crippen molar-refractivity contribution < 1.29 is 14.6 Å². The number of nitrogens with zero attached hydrogens (tertiary/aromatic N) is 2. The van der Waals surface area contributed by atoms with Crippen LogP contribution < -0.4 is 11.1 Å². The lowest BCUT2D eigenvalue weighted by atomic mass is 10.3. The van der Waals surface area contributed by atoms with Crippen molar-refractivity contribution in [3.8, 4) is 0 Å². The zero-order valence-electron chi connectivity index (χ0n) is 11.9. The number of hydrogen-bond acceptors (Lipinski definition) is 7. The highest BCUT2D eigenvalue weighted by Crippen LogP contribution is 2.26. The zero-order valence-corrected chi connectivity index (χ0v) is 12.7. The molecule has 4 N–H and O–H groups in total. The molecule has 8 heteroatoms. The van der Waals surface area contributed by atoms with Gasteiger partial charge in [-0.1, -0.05) is 18.3 Å². The Labute approximate surface area is 122 Å². The molecule has 0 radical (unpaired) electrons. The smallest absolute Gasteiger partial charge is 0.267 e. The van der Waals surface area contributed by atoms with Gasteiger partial charge in [-0.2, -0.15) is 0 Å². The van der Waals surface area contributed by atoms with Crippen molar-refractivity contribution in [1.82, 2.24) is 9.88 Å². The van der Waals surface area contributed by atoms with Crippen molar-refractivity contribution >= 4 is 28.2 Å². The third-order valence-corrected chi connectivity index (χ3v) is 3.60. The van der Waals surface area contributed by atoms with Crippen LogP contribution in [0.2, 0.25) is 0 Å². The van der Waals surface area contributed by atoms with Crippen molar-refractivity contribution in [2.45, 2.75) is 13.3 Å². The molecule has 0 bridgehead atoms. The molecule has 0 spiro atoms. The number of anilines is 2. The normalized spacial score (nSPS) is 10.6. The molecule has 0 fully saturated rings. The van der Waals surface area contributed by atoms with Gasteiger partial charge in [-0.25, -0.2) is 4.98 Å². The van der Waals surface area contributed by atoms with Gasteiger partial charge in [0, 0.05) is 26.7 Å². The van der Waals surface area contributed by atoms with Crippen molar-refractivity contribution in [2.75, 3.05) is 51.0 Å². The Morgan fingerprint density at radius 2 is 2.30 bits per heavy atom. The Morgan fingerprint density at radius 3 is 2.90 bits per heavy atom. The SMILES string of the molecule is CCCN(CCO)C(=O)c1sc(NCCOC)nc1N. The van der Waals surface area contributed by atoms with E-state index in [1.807, 2.05) is 6.92 Å². The van der Waals surface area contributed by atoms with Crippen LogP contribution in [0.25, 0.3) is 0 Å². The van der Waals surface area contributed by atoms with Gasteiger partial charge in [0.25, 0.3) is 5.91 Å². The molecule has 1 rings (SSSR count). The largest absolute Gasteiger partial charge is 0.395 e. The van der Waals surface area contributed by atoms with E-state index in [1.165, 1.54) is 11.3 Å². The molecule has 1 aromatic rings. The quantitative estimate of drug-likeness (QED) is 0.578. The number of methoxy groups -OCH3 is 1. The summed E-state index contributed by atoms with van der Waals surface area (Å²) in [6.07, 6.45) is 0.823. The second-order valence-corrected chi connectivity index (χ2v) is 5.17. The van der Waals surface area contributed by atoms with Crippen molar-refractivity contribution in [2.24, 2.45) is 0 Å². The Hall–Kier alpha value is -1.38. The fourth-order valence-corrected chi connectivity index (χ4v) is 2.55. The average Bonchev–Trinajstić information content (AvgIpc) is 2.79. The molecule has 0 saturated heterocycles. The second-order valence-electron chi connectivity index (χ2n) is 4.17. The minimum Gasteiger partial charge on any atom is -0.395 e. The minimum absolute atomic E-state index is 0.0661. The van der Waals surface area contributed by atoms with Gasteiger partial charge in [-0.15, -0.1) is 0 Å². The summed E-state index contributed by atoms with van der Waals surface area (Å²) in [4.78, 5) is 18.5. The van der Waals surface area contributed by atoms with Gasteiger partial charge in [0.1, 0.15) is 10.7 Å². The number of rotatable bonds is 9. The number of nitrogen functional groups attached to an aromatic ring is 1. The molecule has 1 heterocycles. The second kappa shape index (κ2) is 8.72. The van der Waals surface area contributed by atoms with E-state index in [9.17, 15) is 4.79 Å². The number of carbonyl (C=O) groups excluding carboxylic acids is 1. The highest BCUT2D eigenvalue weighted by Gasteiger charge is 2.21. The number of carbonyl (C=O) groups is 1. The molecule has 1 amide bonds. The molecule has 114 valence electrons. The van der Waals surface area contributed by atoms with E-state index in [1.54, 1.807) is 12.0 Å². The molecule has 20 heavy (non-hydrogen) atoms. The van der Waals surface area contributed by atoms with E-state index in [4.69, 9.17) is 15.6 Å². The predicted molar refractivity (Wildman–Crippen MR) is 80.2 cm³/mol. The number of thiazole rings is 1. The Morgan fingerprint density at radius 1 is 1.55 bits per heavy atom. The van der Waals surface area contributed by atoms with Crippen LogP contribution in [0.1, 0.15) is 23.0 Å². The Bertz CT molecular complexity index is 419. The predicted octanol–water partition coefficient (Wildman–Crippen LogP) is 0.628. The monoisotopic (exact) mass is 302 g/mol. The van der Waals surface area contributed by atoms with Gasteiger partial charge in [0.05, 0.1) is 13.2 Å². The molecular formula is C12H22N4O3S. The third kappa shape index (κ3) is 4.62. The maximum Gasteiger partial charge on any atom is 0.267 e. The topological polar surface area (TPSA) is 101 Å². The van der Waals surface area contributed by atoms with Crippen LogP contribution in [-0.2, 0) is 4.74 Å². The van der Waals surface area contributed by atoms with Gasteiger partial charge >= 0.3 is 0 Å². The summed E-state index contributed by atoms with van der Waals surface area (Å²) in [6, 6.07) is 0. The van der Waals surface area contributed by atoms with E-state index in [2.05, 4.69) is 10.3 Å². The van der Waals surface area contributed by atoms with Crippen LogP contribution in [0.5, 0.6) is 0 Å². The lowest BCUT2D eigenvalue weighted by Crippen LogP contribution is -2.34. The molecule has 0 saturated carbocycles. The van der Waals surface area contributed by atoms with E-state index >= 15 is 0 Å². The summed E-state index contributed by atoms with van der Waals surface area (Å²) in [5, 5.41) is 12.7. The van der Waals surface area contributed by atoms with Crippen LogP contribution in [0, 0.1) is 0 Å². The van der Waals surface area contributed by atoms with E-state index < -0.39 is 0 Å². The van der Waals surface area contributed by atoms with Crippen LogP contribution in [0.15, 0.2) is 0 Å². The molecule has 0 atom stereocenters. The number of nitrogens with two attached hydrogens (primary N) is 1. The van der Waals surface area contributed by atoms with E-state index in [-0.39, 0.29) is 18.3 Å². The first kappa shape index (κ1) is 16.7. The van der Waals surface area contributed by atoms with E-state index in [0.29, 0.717) is 36.2 Å². The highest BCUT2D eigenvalue weighted by atomic mass is 32.1. The fraction of sp³-hybridized carbons (Fsp3) is 0.667. The average molecular weight is 302 g/mol. The summed E-state index contributed by atoms with van der Waals surface area (Å²) in [5.74, 6) is 0.0367. The number of amides is 1. The minimum atomic E-state index is -0.185. The molecule has 7 nitrogen and oxygen atoms in total. The first-order valence-electron chi connectivity index (χ1n) is 6.53. The maximum atomic E-state index is 12.3. The number of ether oxygens (including phenoxy) is 1. The highest BCUT2D eigenvalue weighted by molar-refractivity contribution is 7.18. The van der Waals surface area contributed by atoms with Crippen LogP contribution in [0.4, 0.5) is 10.9 Å². The van der Waals surface area contributed by atoms with Crippen molar-refractivity contribution in [3.05, 3.63) is 4.88 Å². The van der Waals surface area contributed by atoms with Crippen molar-refractivity contribution in [1.29, 1.82) is 0 Å². The zero-order chi connectivity index (χ0) is 15.0. The Balaban J connectivity index is 2.75. The van der Waals surface area contributed by atoms with Gasteiger partial charge in [-0.05, 0) is 6.42 Å². The molecule has 0 aliphatic carbocycles. The lowest BCUT2D eigenvalue weighted by molar-refractivity contribution is 0.0727. The standard InChI is InChI=1S/C12H22N4O3S/c1-3-5-16(6-7-17)11(18)9-10(13)15-12(20-9)14-4-8-19-2/h17H,3-8,13H2,1-2H3,(H,14,15). The Kier molecular flexibility index (Phi) is 7.27. The molecular weight excluding hydrogens is 280 g/mol. The lowest BCUT2D eigenvalue weighted by Gasteiger charge is -2.20. The molecule has 0 aromatic carbocycles. The first-order chi connectivity index (χ1) is 9.63. The van der Waals surface area contributed by atoms with Crippen LogP contribution >= 0.6 is 11.3 Å². The number of aliphatic hydroxyl groups is 1. The van der Waals surface area contributed by atoms with Crippen molar-refractivity contribution in [3.63, 3.8) is 0 Å². The number of aromatic nitrogens is 1. The van der Waals surface area contributed by atoms with Gasteiger partial charge in [0.2, 0.25) is 0 Å². The van der Waals surface area contributed by atoms with Crippen LogP contribution in [0.3, 0.4) is 0 Å². The molecule has 0 unspecified atom stereocenters. The number of aliphatic hydroxyl groups excluding tert-OH is 1. The summed E-state index contributed by atoms with van der Waals surface area (Å²) in [5.41, 5.74) is 5.79. The maximum absolute atomic E-state index is 12.3. The van der Waals surface area contributed by atoms with Crippen LogP contribution in [-0.4, -0.2) is 60.9 Å². The molecule has 1 aromatic heterocycles.